The van der Waals surface area contributed by atoms with Crippen molar-refractivity contribution in [3.05, 3.63) is 101 Å². The summed E-state index contributed by atoms with van der Waals surface area (Å²) in [6.07, 6.45) is 4.80. The fourth-order valence-electron chi connectivity index (χ4n) is 4.40. The molecule has 0 fully saturated rings. The van der Waals surface area contributed by atoms with Gasteiger partial charge >= 0.3 is 0 Å². The van der Waals surface area contributed by atoms with Crippen molar-refractivity contribution in [1.82, 2.24) is 5.32 Å². The van der Waals surface area contributed by atoms with Crippen molar-refractivity contribution in [1.29, 1.82) is 0 Å². The minimum atomic E-state index is -0.531. The molecular weight excluding hydrogens is 382 g/mol. The molecule has 3 heteroatoms. The fraction of sp³-hybridized carbons (Fsp3) is 0.321. The highest BCUT2D eigenvalue weighted by Crippen LogP contribution is 2.28. The van der Waals surface area contributed by atoms with E-state index in [0.717, 1.165) is 35.3 Å². The maximum absolute atomic E-state index is 13.3. The van der Waals surface area contributed by atoms with Crippen molar-refractivity contribution in [2.75, 3.05) is 0 Å². The maximum atomic E-state index is 13.3. The van der Waals surface area contributed by atoms with Crippen LogP contribution >= 0.6 is 0 Å². The second-order valence-electron chi connectivity index (χ2n) is 8.36. The number of benzene rings is 3. The van der Waals surface area contributed by atoms with Crippen molar-refractivity contribution < 1.29 is 9.53 Å². The van der Waals surface area contributed by atoms with Gasteiger partial charge in [-0.15, -0.1) is 0 Å². The Balaban J connectivity index is 1.55. The molecule has 4 rings (SSSR count). The highest BCUT2D eigenvalue weighted by Gasteiger charge is 2.25. The van der Waals surface area contributed by atoms with Gasteiger partial charge in [0.25, 0.3) is 5.91 Å². The van der Waals surface area contributed by atoms with E-state index in [2.05, 4.69) is 48.6 Å². The predicted molar refractivity (Wildman–Crippen MR) is 125 cm³/mol. The number of nitrogens with one attached hydrogen (secondary N) is 1. The average molecular weight is 414 g/mol. The van der Waals surface area contributed by atoms with E-state index < -0.39 is 6.10 Å². The van der Waals surface area contributed by atoms with Gasteiger partial charge in [-0.2, -0.15) is 0 Å². The molecule has 0 saturated heterocycles. The van der Waals surface area contributed by atoms with Gasteiger partial charge in [0, 0.05) is 0 Å². The Morgan fingerprint density at radius 2 is 1.65 bits per heavy atom. The topological polar surface area (TPSA) is 38.3 Å². The van der Waals surface area contributed by atoms with Gasteiger partial charge in [0.15, 0.2) is 6.10 Å². The van der Waals surface area contributed by atoms with Gasteiger partial charge in [-0.3, -0.25) is 4.79 Å². The van der Waals surface area contributed by atoms with Gasteiger partial charge in [-0.25, -0.2) is 0 Å². The van der Waals surface area contributed by atoms with E-state index in [1.807, 2.05) is 43.3 Å². The molecule has 0 heterocycles. The number of rotatable bonds is 7. The van der Waals surface area contributed by atoms with Crippen LogP contribution in [-0.2, 0) is 17.6 Å². The van der Waals surface area contributed by atoms with Crippen molar-refractivity contribution >= 4 is 5.91 Å². The van der Waals surface area contributed by atoms with Crippen LogP contribution in [0.5, 0.6) is 5.75 Å². The molecule has 0 radical (unpaired) electrons. The lowest BCUT2D eigenvalue weighted by Crippen LogP contribution is -2.40. The molecule has 0 spiro atoms. The standard InChI is InChI=1S/C28H31NO2/c1-3-26(31-24-18-17-21-12-8-9-15-23(21)19-24)28(30)29-27(22-13-5-4-6-14-22)25-16-10-7-11-20(25)2/h4-7,10-11,13-14,16-19,26-27H,3,8-9,12,15H2,1-2H3,(H,29,30)/t26-,27+/m0/s1. The number of aryl methyl sites for hydroxylation is 3. The van der Waals surface area contributed by atoms with Crippen LogP contribution < -0.4 is 10.1 Å². The molecule has 0 aliphatic heterocycles. The molecule has 1 N–H and O–H groups in total. The van der Waals surface area contributed by atoms with Crippen LogP contribution in [0.4, 0.5) is 0 Å². The van der Waals surface area contributed by atoms with Crippen molar-refractivity contribution in [2.24, 2.45) is 0 Å². The number of carbonyl (C=O) groups is 1. The third-order valence-electron chi connectivity index (χ3n) is 6.18. The van der Waals surface area contributed by atoms with Crippen molar-refractivity contribution in [2.45, 2.75) is 58.1 Å². The summed E-state index contributed by atoms with van der Waals surface area (Å²) in [6.45, 7) is 4.08. The van der Waals surface area contributed by atoms with E-state index in [9.17, 15) is 4.79 Å². The maximum Gasteiger partial charge on any atom is 0.261 e. The van der Waals surface area contributed by atoms with E-state index in [-0.39, 0.29) is 11.9 Å². The van der Waals surface area contributed by atoms with Crippen molar-refractivity contribution in [3.8, 4) is 5.75 Å². The van der Waals surface area contributed by atoms with Gasteiger partial charge < -0.3 is 10.1 Å². The quantitative estimate of drug-likeness (QED) is 0.521. The summed E-state index contributed by atoms with van der Waals surface area (Å²) >= 11 is 0. The van der Waals surface area contributed by atoms with Gasteiger partial charge in [-0.05, 0) is 79.0 Å². The Morgan fingerprint density at radius 1 is 0.935 bits per heavy atom. The molecule has 31 heavy (non-hydrogen) atoms. The van der Waals surface area contributed by atoms with Crippen LogP contribution in [0.25, 0.3) is 0 Å². The number of hydrogen-bond donors (Lipinski definition) is 1. The summed E-state index contributed by atoms with van der Waals surface area (Å²) in [7, 11) is 0. The van der Waals surface area contributed by atoms with Crippen LogP contribution in [0.15, 0.2) is 72.8 Å². The van der Waals surface area contributed by atoms with E-state index in [4.69, 9.17) is 4.74 Å². The molecule has 0 saturated carbocycles. The average Bonchev–Trinajstić information content (AvgIpc) is 2.82. The van der Waals surface area contributed by atoms with Crippen LogP contribution in [0, 0.1) is 6.92 Å². The monoisotopic (exact) mass is 413 g/mol. The third-order valence-corrected chi connectivity index (χ3v) is 6.18. The molecule has 1 aliphatic carbocycles. The molecular formula is C28H31NO2. The molecule has 2 atom stereocenters. The summed E-state index contributed by atoms with van der Waals surface area (Å²) < 4.78 is 6.18. The Hall–Kier alpha value is -3.07. The van der Waals surface area contributed by atoms with Crippen LogP contribution in [0.3, 0.4) is 0 Å². The second-order valence-corrected chi connectivity index (χ2v) is 8.36. The normalized spacial score (nSPS) is 14.9. The number of ether oxygens (including phenoxy) is 1. The third kappa shape index (κ3) is 4.99. The van der Waals surface area contributed by atoms with E-state index >= 15 is 0 Å². The Labute approximate surface area is 185 Å². The summed E-state index contributed by atoms with van der Waals surface area (Å²) in [5.41, 5.74) is 6.10. The minimum absolute atomic E-state index is 0.0858. The first-order chi connectivity index (χ1) is 15.2. The minimum Gasteiger partial charge on any atom is -0.481 e. The van der Waals surface area contributed by atoms with Gasteiger partial charge in [0.2, 0.25) is 0 Å². The first-order valence-electron chi connectivity index (χ1n) is 11.3. The highest BCUT2D eigenvalue weighted by atomic mass is 16.5. The largest absolute Gasteiger partial charge is 0.481 e. The molecule has 0 aromatic heterocycles. The van der Waals surface area contributed by atoms with Crippen molar-refractivity contribution in [3.63, 3.8) is 0 Å². The number of hydrogen-bond acceptors (Lipinski definition) is 2. The highest BCUT2D eigenvalue weighted by molar-refractivity contribution is 5.82. The Bertz CT molecular complexity index is 1030. The smallest absolute Gasteiger partial charge is 0.261 e. The molecule has 3 aromatic rings. The Morgan fingerprint density at radius 3 is 2.39 bits per heavy atom. The lowest BCUT2D eigenvalue weighted by Gasteiger charge is -2.25. The molecule has 3 nitrogen and oxygen atoms in total. The summed E-state index contributed by atoms with van der Waals surface area (Å²) in [5, 5.41) is 3.26. The van der Waals surface area contributed by atoms with Crippen LogP contribution in [0.1, 0.15) is 60.0 Å². The van der Waals surface area contributed by atoms with E-state index in [1.54, 1.807) is 0 Å². The molecule has 0 unspecified atom stereocenters. The number of carbonyl (C=O) groups excluding carboxylic acids is 1. The van der Waals surface area contributed by atoms with Gasteiger partial charge in [0.05, 0.1) is 6.04 Å². The number of amides is 1. The first-order valence-corrected chi connectivity index (χ1v) is 11.3. The zero-order valence-corrected chi connectivity index (χ0v) is 18.4. The lowest BCUT2D eigenvalue weighted by molar-refractivity contribution is -0.128. The summed E-state index contributed by atoms with van der Waals surface area (Å²) in [6, 6.07) is 24.4. The molecule has 0 bridgehead atoms. The summed E-state index contributed by atoms with van der Waals surface area (Å²) in [4.78, 5) is 13.3. The molecule has 1 aliphatic rings. The van der Waals surface area contributed by atoms with Crippen LogP contribution in [-0.4, -0.2) is 12.0 Å². The second kappa shape index (κ2) is 9.82. The van der Waals surface area contributed by atoms with E-state index in [0.29, 0.717) is 6.42 Å². The van der Waals surface area contributed by atoms with E-state index in [1.165, 1.54) is 24.0 Å². The molecule has 3 aromatic carbocycles. The van der Waals surface area contributed by atoms with Crippen LogP contribution in [0.2, 0.25) is 0 Å². The van der Waals surface area contributed by atoms with Gasteiger partial charge in [-0.1, -0.05) is 67.6 Å². The number of fused-ring (bicyclic) bond motifs is 1. The molecule has 160 valence electrons. The zero-order valence-electron chi connectivity index (χ0n) is 18.4. The summed E-state index contributed by atoms with van der Waals surface area (Å²) in [5.74, 6) is 0.701. The SMILES string of the molecule is CC[C@H](Oc1ccc2c(c1)CCCC2)C(=O)N[C@H](c1ccccc1)c1ccccc1C. The predicted octanol–water partition coefficient (Wildman–Crippen LogP) is 5.94. The van der Waals surface area contributed by atoms with Gasteiger partial charge in [0.1, 0.15) is 5.75 Å². The molecule has 1 amide bonds. The zero-order chi connectivity index (χ0) is 21.6. The lowest BCUT2D eigenvalue weighted by atomic mass is 9.92. The first kappa shape index (κ1) is 21.2. The fourth-order valence-corrected chi connectivity index (χ4v) is 4.40. The Kier molecular flexibility index (Phi) is 6.71.